The van der Waals surface area contributed by atoms with Crippen LogP contribution in [0.15, 0.2) is 70.5 Å². The number of hydrogen-bond donors (Lipinski definition) is 0. The molecule has 0 bridgehead atoms. The Morgan fingerprint density at radius 1 is 0.615 bits per heavy atom. The van der Waals surface area contributed by atoms with Crippen molar-refractivity contribution in [2.45, 2.75) is 22.1 Å². The largest absolute Gasteiger partial charge is 0.409 e. The van der Waals surface area contributed by atoms with E-state index in [0.717, 1.165) is 12.2 Å². The van der Waals surface area contributed by atoms with Crippen LogP contribution in [0.4, 0.5) is 26.3 Å². The monoisotopic (exact) mass is 390 g/mol. The molecule has 0 atom stereocenters. The quantitative estimate of drug-likeness (QED) is 0.585. The highest BCUT2D eigenvalue weighted by molar-refractivity contribution is 7.85. The Hall–Kier alpha value is -2.35. The van der Waals surface area contributed by atoms with Crippen molar-refractivity contribution in [1.29, 1.82) is 0 Å². The zero-order valence-corrected chi connectivity index (χ0v) is 13.8. The van der Waals surface area contributed by atoms with Crippen LogP contribution >= 0.6 is 0 Å². The third-order valence-corrected chi connectivity index (χ3v) is 4.52. The summed E-state index contributed by atoms with van der Waals surface area (Å²) >= 11 is 0. The maximum Gasteiger partial charge on any atom is 0.409 e. The number of halogens is 6. The fourth-order valence-corrected chi connectivity index (χ4v) is 2.96. The van der Waals surface area contributed by atoms with Crippen LogP contribution in [0.5, 0.6) is 0 Å². The van der Waals surface area contributed by atoms with E-state index < -0.39 is 23.2 Å². The first-order valence-corrected chi connectivity index (χ1v) is 8.32. The van der Waals surface area contributed by atoms with Crippen LogP contribution < -0.4 is 0 Å². The minimum absolute atomic E-state index is 0.103. The van der Waals surface area contributed by atoms with Crippen LogP contribution in [0.25, 0.3) is 12.2 Å². The highest BCUT2D eigenvalue weighted by Gasteiger charge is 2.22. The minimum Gasteiger partial charge on any atom is -0.249 e. The molecule has 0 radical (unpaired) electrons. The lowest BCUT2D eigenvalue weighted by Gasteiger charge is -2.04. The molecule has 0 fully saturated rings. The summed E-state index contributed by atoms with van der Waals surface area (Å²) in [6.45, 7) is 0. The molecule has 0 aliphatic heterocycles. The van der Waals surface area contributed by atoms with Gasteiger partial charge in [-0.15, -0.1) is 0 Å². The van der Waals surface area contributed by atoms with Gasteiger partial charge in [-0.05, 0) is 35.4 Å². The highest BCUT2D eigenvalue weighted by Crippen LogP contribution is 2.22. The zero-order chi connectivity index (χ0) is 19.4. The summed E-state index contributed by atoms with van der Waals surface area (Å²) in [5, 5.41) is 0. The van der Waals surface area contributed by atoms with Gasteiger partial charge in [0.1, 0.15) is 0 Å². The van der Waals surface area contributed by atoms with Crippen LogP contribution in [0.2, 0.25) is 0 Å². The van der Waals surface area contributed by atoms with Crippen molar-refractivity contribution in [2.75, 3.05) is 0 Å². The molecule has 0 saturated heterocycles. The molecule has 0 unspecified atom stereocenters. The number of rotatable bonds is 4. The summed E-state index contributed by atoms with van der Waals surface area (Å²) < 4.78 is 85.1. The smallest absolute Gasteiger partial charge is 0.249 e. The number of allylic oxidation sites excluding steroid dienone is 2. The van der Waals surface area contributed by atoms with Crippen molar-refractivity contribution in [1.82, 2.24) is 0 Å². The van der Waals surface area contributed by atoms with E-state index in [1.165, 1.54) is 48.5 Å². The van der Waals surface area contributed by atoms with Gasteiger partial charge in [0.05, 0.1) is 10.8 Å². The molecule has 0 saturated carbocycles. The molecule has 26 heavy (non-hydrogen) atoms. The predicted octanol–water partition coefficient (Wildman–Crippen LogP) is 6.00. The summed E-state index contributed by atoms with van der Waals surface area (Å²) in [6, 6.07) is 11.3. The molecule has 1 nitrogen and oxygen atoms in total. The molecule has 0 heterocycles. The first-order chi connectivity index (χ1) is 12.0. The van der Waals surface area contributed by atoms with E-state index in [4.69, 9.17) is 0 Å². The molecule has 0 N–H and O–H groups in total. The van der Waals surface area contributed by atoms with Crippen molar-refractivity contribution in [2.24, 2.45) is 0 Å². The van der Waals surface area contributed by atoms with Crippen molar-refractivity contribution >= 4 is 23.0 Å². The van der Waals surface area contributed by atoms with Gasteiger partial charge in [0, 0.05) is 21.9 Å². The van der Waals surface area contributed by atoms with E-state index in [2.05, 4.69) is 0 Å². The zero-order valence-electron chi connectivity index (χ0n) is 13.0. The van der Waals surface area contributed by atoms with Gasteiger partial charge in [-0.1, -0.05) is 36.4 Å². The minimum atomic E-state index is -4.41. The maximum absolute atomic E-state index is 12.4. The lowest BCUT2D eigenvalue weighted by molar-refractivity contribution is -0.0800. The Bertz CT molecular complexity index is 745. The van der Waals surface area contributed by atoms with Crippen molar-refractivity contribution in [3.8, 4) is 0 Å². The molecule has 2 rings (SSSR count). The van der Waals surface area contributed by atoms with Crippen LogP contribution in [-0.2, 0) is 10.8 Å². The molecule has 2 aromatic carbocycles. The standard InChI is InChI=1S/C18H12F6OS/c19-17(20,21)11-9-13-1-5-15(6-2-13)26(25)16-7-3-14(4-8-16)10-12-18(22,23)24/h1-12H. The van der Waals surface area contributed by atoms with Gasteiger partial charge < -0.3 is 0 Å². The van der Waals surface area contributed by atoms with E-state index in [1.54, 1.807) is 0 Å². The van der Waals surface area contributed by atoms with Gasteiger partial charge in [-0.3, -0.25) is 0 Å². The number of alkyl halides is 6. The third kappa shape index (κ3) is 6.51. The van der Waals surface area contributed by atoms with E-state index in [-0.39, 0.29) is 12.2 Å². The topological polar surface area (TPSA) is 17.1 Å². The van der Waals surface area contributed by atoms with E-state index in [9.17, 15) is 30.6 Å². The summed E-state index contributed by atoms with van der Waals surface area (Å²) in [4.78, 5) is 0.737. The molecule has 138 valence electrons. The van der Waals surface area contributed by atoms with Crippen LogP contribution in [-0.4, -0.2) is 16.6 Å². The van der Waals surface area contributed by atoms with Gasteiger partial charge in [-0.2, -0.15) is 26.3 Å². The normalized spacial score (nSPS) is 14.2. The lowest BCUT2D eigenvalue weighted by atomic mass is 10.2. The molecular formula is C18H12F6OS. The van der Waals surface area contributed by atoms with E-state index >= 15 is 0 Å². The molecule has 0 aromatic heterocycles. The van der Waals surface area contributed by atoms with E-state index in [0.29, 0.717) is 20.9 Å². The Balaban J connectivity index is 2.11. The van der Waals surface area contributed by atoms with Crippen molar-refractivity contribution in [3.63, 3.8) is 0 Å². The third-order valence-electron chi connectivity index (χ3n) is 3.12. The van der Waals surface area contributed by atoms with Gasteiger partial charge in [-0.25, -0.2) is 4.21 Å². The molecule has 0 spiro atoms. The summed E-state index contributed by atoms with van der Waals surface area (Å²) in [5.41, 5.74) is 0.603. The fourth-order valence-electron chi connectivity index (χ4n) is 1.92. The van der Waals surface area contributed by atoms with Crippen LogP contribution in [0, 0.1) is 0 Å². The summed E-state index contributed by atoms with van der Waals surface area (Å²) in [7, 11) is -1.60. The average molecular weight is 390 g/mol. The Labute approximate surface area is 148 Å². The number of hydrogen-bond acceptors (Lipinski definition) is 1. The first-order valence-electron chi connectivity index (χ1n) is 7.17. The van der Waals surface area contributed by atoms with Crippen LogP contribution in [0.1, 0.15) is 11.1 Å². The first kappa shape index (κ1) is 20.0. The number of benzene rings is 2. The Morgan fingerprint density at radius 2 is 0.923 bits per heavy atom. The maximum atomic E-state index is 12.4. The van der Waals surface area contributed by atoms with Gasteiger partial charge in [0.25, 0.3) is 0 Å². The molecule has 0 aliphatic rings. The molecular weight excluding hydrogens is 378 g/mol. The lowest BCUT2D eigenvalue weighted by Crippen LogP contribution is -2.00. The van der Waals surface area contributed by atoms with E-state index in [1.807, 2.05) is 0 Å². The van der Waals surface area contributed by atoms with Crippen molar-refractivity contribution in [3.05, 3.63) is 71.8 Å². The molecule has 0 aliphatic carbocycles. The van der Waals surface area contributed by atoms with Gasteiger partial charge in [0.2, 0.25) is 0 Å². The second-order valence-corrected chi connectivity index (χ2v) is 6.64. The van der Waals surface area contributed by atoms with Gasteiger partial charge >= 0.3 is 12.4 Å². The SMILES string of the molecule is O=S(c1ccc(C=CC(F)(F)F)cc1)c1ccc(C=CC(F)(F)F)cc1. The highest BCUT2D eigenvalue weighted by atomic mass is 32.2. The van der Waals surface area contributed by atoms with Crippen molar-refractivity contribution < 1.29 is 30.6 Å². The fraction of sp³-hybridized carbons (Fsp3) is 0.111. The second-order valence-electron chi connectivity index (χ2n) is 5.16. The molecule has 0 amide bonds. The van der Waals surface area contributed by atoms with Gasteiger partial charge in [0.15, 0.2) is 0 Å². The van der Waals surface area contributed by atoms with Crippen LogP contribution in [0.3, 0.4) is 0 Å². The molecule has 8 heteroatoms. The second kappa shape index (κ2) is 7.90. The summed E-state index contributed by atoms with van der Waals surface area (Å²) in [6.07, 6.45) is -6.82. The Kier molecular flexibility index (Phi) is 6.07. The average Bonchev–Trinajstić information content (AvgIpc) is 2.57. The molecule has 2 aromatic rings. The predicted molar refractivity (Wildman–Crippen MR) is 87.7 cm³/mol. The summed E-state index contributed by atoms with van der Waals surface area (Å²) in [5.74, 6) is 0. The Morgan fingerprint density at radius 3 is 1.19 bits per heavy atom.